The molecule has 0 spiro atoms. The minimum atomic E-state index is 0.575. The highest BCUT2D eigenvalue weighted by Crippen LogP contribution is 2.21. The lowest BCUT2D eigenvalue weighted by Crippen LogP contribution is -2.47. The standard InChI is InChI=1S/C13H28N2O/c1-11(2)10-16-7-6-15-5-4-12(3)8-13(15)9-14/h11-13H,4-10,14H2,1-3H3. The van der Waals surface area contributed by atoms with E-state index in [0.717, 1.165) is 32.2 Å². The van der Waals surface area contributed by atoms with Gasteiger partial charge >= 0.3 is 0 Å². The van der Waals surface area contributed by atoms with Crippen molar-refractivity contribution in [2.45, 2.75) is 39.7 Å². The van der Waals surface area contributed by atoms with Crippen molar-refractivity contribution in [1.82, 2.24) is 4.90 Å². The summed E-state index contributed by atoms with van der Waals surface area (Å²) in [6.45, 7) is 11.4. The molecule has 1 rings (SSSR count). The van der Waals surface area contributed by atoms with Crippen molar-refractivity contribution in [3.8, 4) is 0 Å². The molecule has 3 nitrogen and oxygen atoms in total. The maximum atomic E-state index is 5.83. The van der Waals surface area contributed by atoms with Crippen molar-refractivity contribution in [2.24, 2.45) is 17.6 Å². The summed E-state index contributed by atoms with van der Waals surface area (Å²) in [4.78, 5) is 2.50. The van der Waals surface area contributed by atoms with Gasteiger partial charge in [-0.05, 0) is 31.2 Å². The molecule has 2 unspecified atom stereocenters. The van der Waals surface area contributed by atoms with Gasteiger partial charge < -0.3 is 10.5 Å². The van der Waals surface area contributed by atoms with E-state index in [1.165, 1.54) is 19.4 Å². The lowest BCUT2D eigenvalue weighted by Gasteiger charge is -2.37. The Morgan fingerprint density at radius 2 is 2.19 bits per heavy atom. The second-order valence-electron chi connectivity index (χ2n) is 5.52. The van der Waals surface area contributed by atoms with Crippen molar-refractivity contribution in [1.29, 1.82) is 0 Å². The van der Waals surface area contributed by atoms with Gasteiger partial charge in [0, 0.05) is 25.7 Å². The summed E-state index contributed by atoms with van der Waals surface area (Å²) in [5, 5.41) is 0. The quantitative estimate of drug-likeness (QED) is 0.704. The van der Waals surface area contributed by atoms with Crippen LogP contribution in [0.3, 0.4) is 0 Å². The fourth-order valence-electron chi connectivity index (χ4n) is 2.34. The smallest absolute Gasteiger partial charge is 0.0593 e. The van der Waals surface area contributed by atoms with Gasteiger partial charge in [0.25, 0.3) is 0 Å². The summed E-state index contributed by atoms with van der Waals surface area (Å²) in [7, 11) is 0. The van der Waals surface area contributed by atoms with E-state index in [1.807, 2.05) is 0 Å². The van der Waals surface area contributed by atoms with Crippen LogP contribution in [-0.4, -0.2) is 43.8 Å². The maximum Gasteiger partial charge on any atom is 0.0593 e. The SMILES string of the molecule is CC(C)COCCN1CCC(C)CC1CN. The fraction of sp³-hybridized carbons (Fsp3) is 1.00. The molecular weight excluding hydrogens is 200 g/mol. The number of likely N-dealkylation sites (tertiary alicyclic amines) is 1. The van der Waals surface area contributed by atoms with Crippen LogP contribution >= 0.6 is 0 Å². The van der Waals surface area contributed by atoms with Crippen LogP contribution < -0.4 is 5.73 Å². The summed E-state index contributed by atoms with van der Waals surface area (Å²) in [6, 6.07) is 0.575. The molecule has 1 aliphatic rings. The molecule has 1 fully saturated rings. The third-order valence-corrected chi connectivity index (χ3v) is 3.35. The summed E-state index contributed by atoms with van der Waals surface area (Å²) in [5.74, 6) is 1.47. The highest BCUT2D eigenvalue weighted by Gasteiger charge is 2.24. The molecule has 0 aliphatic carbocycles. The van der Waals surface area contributed by atoms with Gasteiger partial charge in [-0.15, -0.1) is 0 Å². The van der Waals surface area contributed by atoms with E-state index in [9.17, 15) is 0 Å². The molecule has 0 aromatic carbocycles. The summed E-state index contributed by atoms with van der Waals surface area (Å²) in [5.41, 5.74) is 5.83. The van der Waals surface area contributed by atoms with E-state index in [-0.39, 0.29) is 0 Å². The Labute approximate surface area is 100 Å². The van der Waals surface area contributed by atoms with Crippen molar-refractivity contribution in [3.05, 3.63) is 0 Å². The Kier molecular flexibility index (Phi) is 6.32. The first kappa shape index (κ1) is 13.9. The van der Waals surface area contributed by atoms with Gasteiger partial charge in [-0.3, -0.25) is 4.90 Å². The molecule has 0 radical (unpaired) electrons. The maximum absolute atomic E-state index is 5.83. The van der Waals surface area contributed by atoms with Gasteiger partial charge in [0.05, 0.1) is 6.61 Å². The summed E-state index contributed by atoms with van der Waals surface area (Å²) >= 11 is 0. The highest BCUT2D eigenvalue weighted by molar-refractivity contribution is 4.80. The molecule has 0 amide bonds. The van der Waals surface area contributed by atoms with Crippen LogP contribution in [0.15, 0.2) is 0 Å². The molecule has 2 N–H and O–H groups in total. The van der Waals surface area contributed by atoms with E-state index in [4.69, 9.17) is 10.5 Å². The number of rotatable bonds is 6. The Balaban J connectivity index is 2.19. The molecule has 1 saturated heterocycles. The molecule has 0 aromatic rings. The first-order chi connectivity index (χ1) is 7.63. The molecule has 2 atom stereocenters. The van der Waals surface area contributed by atoms with Crippen LogP contribution in [0.5, 0.6) is 0 Å². The molecular formula is C13H28N2O. The van der Waals surface area contributed by atoms with Crippen LogP contribution in [0.25, 0.3) is 0 Å². The molecule has 96 valence electrons. The minimum absolute atomic E-state index is 0.575. The largest absolute Gasteiger partial charge is 0.380 e. The van der Waals surface area contributed by atoms with Crippen molar-refractivity contribution in [2.75, 3.05) is 32.8 Å². The lowest BCUT2D eigenvalue weighted by atomic mass is 9.92. The average molecular weight is 228 g/mol. The number of piperidine rings is 1. The lowest BCUT2D eigenvalue weighted by molar-refractivity contribution is 0.0530. The Morgan fingerprint density at radius 1 is 1.44 bits per heavy atom. The van der Waals surface area contributed by atoms with Gasteiger partial charge in [0.2, 0.25) is 0 Å². The predicted molar refractivity (Wildman–Crippen MR) is 68.5 cm³/mol. The van der Waals surface area contributed by atoms with Crippen LogP contribution in [0.1, 0.15) is 33.6 Å². The minimum Gasteiger partial charge on any atom is -0.380 e. The first-order valence-corrected chi connectivity index (χ1v) is 6.65. The Bertz CT molecular complexity index is 185. The highest BCUT2D eigenvalue weighted by atomic mass is 16.5. The number of nitrogens with two attached hydrogens (primary N) is 1. The van der Waals surface area contributed by atoms with Crippen molar-refractivity contribution in [3.63, 3.8) is 0 Å². The molecule has 0 bridgehead atoms. The zero-order valence-electron chi connectivity index (χ0n) is 11.1. The van der Waals surface area contributed by atoms with Crippen LogP contribution in [0, 0.1) is 11.8 Å². The topological polar surface area (TPSA) is 38.5 Å². The van der Waals surface area contributed by atoms with Crippen LogP contribution in [-0.2, 0) is 4.74 Å². The zero-order chi connectivity index (χ0) is 12.0. The average Bonchev–Trinajstić information content (AvgIpc) is 2.25. The van der Waals surface area contributed by atoms with Gasteiger partial charge in [-0.2, -0.15) is 0 Å². The first-order valence-electron chi connectivity index (χ1n) is 6.65. The molecule has 1 heterocycles. The molecule has 16 heavy (non-hydrogen) atoms. The molecule has 0 saturated carbocycles. The monoisotopic (exact) mass is 228 g/mol. The molecule has 0 aromatic heterocycles. The third-order valence-electron chi connectivity index (χ3n) is 3.35. The fourth-order valence-corrected chi connectivity index (χ4v) is 2.34. The van der Waals surface area contributed by atoms with Crippen LogP contribution in [0.2, 0.25) is 0 Å². The van der Waals surface area contributed by atoms with E-state index in [2.05, 4.69) is 25.7 Å². The number of hydrogen-bond donors (Lipinski definition) is 1. The number of ether oxygens (including phenoxy) is 1. The Hall–Kier alpha value is -0.120. The van der Waals surface area contributed by atoms with E-state index in [0.29, 0.717) is 12.0 Å². The predicted octanol–water partition coefficient (Wildman–Crippen LogP) is 1.72. The van der Waals surface area contributed by atoms with Crippen LogP contribution in [0.4, 0.5) is 0 Å². The third kappa shape index (κ3) is 4.81. The second-order valence-corrected chi connectivity index (χ2v) is 5.52. The van der Waals surface area contributed by atoms with E-state index in [1.54, 1.807) is 0 Å². The van der Waals surface area contributed by atoms with E-state index < -0.39 is 0 Å². The van der Waals surface area contributed by atoms with Crippen molar-refractivity contribution < 1.29 is 4.74 Å². The zero-order valence-corrected chi connectivity index (χ0v) is 11.1. The number of nitrogens with zero attached hydrogens (tertiary/aromatic N) is 1. The van der Waals surface area contributed by atoms with Gasteiger partial charge in [0.1, 0.15) is 0 Å². The summed E-state index contributed by atoms with van der Waals surface area (Å²) < 4.78 is 5.63. The normalized spacial score (nSPS) is 27.6. The van der Waals surface area contributed by atoms with Gasteiger partial charge in [-0.25, -0.2) is 0 Å². The van der Waals surface area contributed by atoms with Crippen molar-refractivity contribution >= 4 is 0 Å². The Morgan fingerprint density at radius 3 is 2.81 bits per heavy atom. The van der Waals surface area contributed by atoms with Gasteiger partial charge in [0.15, 0.2) is 0 Å². The molecule has 3 heteroatoms. The van der Waals surface area contributed by atoms with Gasteiger partial charge in [-0.1, -0.05) is 20.8 Å². The molecule has 1 aliphatic heterocycles. The van der Waals surface area contributed by atoms with E-state index >= 15 is 0 Å². The second kappa shape index (κ2) is 7.25. The number of hydrogen-bond acceptors (Lipinski definition) is 3. The summed E-state index contributed by atoms with van der Waals surface area (Å²) in [6.07, 6.45) is 2.56.